The summed E-state index contributed by atoms with van der Waals surface area (Å²) in [7, 11) is 2.17. The van der Waals surface area contributed by atoms with E-state index in [1.54, 1.807) is 0 Å². The number of halogens is 1. The number of carbonyl (C=O) groups is 4. The molecule has 2 aromatic carbocycles. The number of pyridine rings is 1. The van der Waals surface area contributed by atoms with E-state index in [1.807, 2.05) is 114 Å². The standard InChI is InChI=1S/C42H48ClN5O8Si/c1-41(2,3)57(7,8)56-42-27(31(48(5)6)33-30(36(42)51)39(47-55-33)54-22-24-17-13-10-14-18-24)20-25-19-26-29(32(49)28(25)35(42)50)34(53-21-23-15-11-9-12-16-23)38(45-37(26)43)46-40(52)44-4/h9-18,25,27-28,31H,19-22H2,1-8H3,(H2,44,45,46,52)/t25-,27-,28?,31-,42-/m0/s1. The molecule has 1 saturated carbocycles. The van der Waals surface area contributed by atoms with Crippen molar-refractivity contribution in [2.24, 2.45) is 17.8 Å². The summed E-state index contributed by atoms with van der Waals surface area (Å²) in [6, 6.07) is 17.5. The molecule has 0 radical (unpaired) electrons. The Morgan fingerprint density at radius 2 is 1.60 bits per heavy atom. The van der Waals surface area contributed by atoms with Gasteiger partial charge < -0.3 is 23.7 Å². The Bertz CT molecular complexity index is 2220. The van der Waals surface area contributed by atoms with Crippen LogP contribution in [0.15, 0.2) is 65.2 Å². The Kier molecular flexibility index (Phi) is 10.7. The Morgan fingerprint density at radius 1 is 0.982 bits per heavy atom. The molecule has 0 bridgehead atoms. The fraction of sp³-hybridized carbons (Fsp3) is 0.429. The summed E-state index contributed by atoms with van der Waals surface area (Å²) in [6.07, 6.45) is 0.418. The number of urea groups is 1. The van der Waals surface area contributed by atoms with Crippen molar-refractivity contribution in [2.45, 2.75) is 76.6 Å². The molecule has 4 aromatic rings. The lowest BCUT2D eigenvalue weighted by Gasteiger charge is -2.56. The van der Waals surface area contributed by atoms with Gasteiger partial charge in [-0.1, -0.05) is 93.0 Å². The van der Waals surface area contributed by atoms with Gasteiger partial charge in [-0.2, -0.15) is 0 Å². The number of rotatable bonds is 10. The number of carbonyl (C=O) groups excluding carboxylic acids is 4. The molecule has 3 aliphatic carbocycles. The molecule has 1 fully saturated rings. The zero-order valence-corrected chi connectivity index (χ0v) is 35.2. The molecule has 2 aromatic heterocycles. The molecule has 57 heavy (non-hydrogen) atoms. The summed E-state index contributed by atoms with van der Waals surface area (Å²) in [4.78, 5) is 65.6. The lowest BCUT2D eigenvalue weighted by Crippen LogP contribution is -2.70. The van der Waals surface area contributed by atoms with E-state index in [2.05, 4.69) is 20.8 Å². The first-order chi connectivity index (χ1) is 27.0. The fourth-order valence-corrected chi connectivity index (χ4v) is 9.91. The molecule has 2 N–H and O–H groups in total. The lowest BCUT2D eigenvalue weighted by molar-refractivity contribution is -0.151. The number of fused-ring (bicyclic) bond motifs is 4. The van der Waals surface area contributed by atoms with Crippen molar-refractivity contribution in [3.8, 4) is 11.6 Å². The zero-order valence-electron chi connectivity index (χ0n) is 33.4. The summed E-state index contributed by atoms with van der Waals surface area (Å²) in [5, 5.41) is 8.95. The highest BCUT2D eigenvalue weighted by molar-refractivity contribution is 6.74. The van der Waals surface area contributed by atoms with Crippen LogP contribution in [0, 0.1) is 17.8 Å². The van der Waals surface area contributed by atoms with Gasteiger partial charge in [-0.3, -0.25) is 24.6 Å². The second-order valence-electron chi connectivity index (χ2n) is 16.8. The molecular formula is C42H48ClN5O8Si. The van der Waals surface area contributed by atoms with Crippen molar-refractivity contribution < 1.29 is 37.6 Å². The van der Waals surface area contributed by atoms with Gasteiger partial charge in [0, 0.05) is 18.5 Å². The third-order valence-electron chi connectivity index (χ3n) is 12.0. The van der Waals surface area contributed by atoms with Crippen LogP contribution in [0.5, 0.6) is 11.6 Å². The molecule has 1 unspecified atom stereocenters. The van der Waals surface area contributed by atoms with Crippen molar-refractivity contribution in [1.82, 2.24) is 20.4 Å². The van der Waals surface area contributed by atoms with E-state index < -0.39 is 66.1 Å². The van der Waals surface area contributed by atoms with Crippen LogP contribution in [-0.2, 0) is 28.9 Å². The van der Waals surface area contributed by atoms with E-state index in [9.17, 15) is 4.79 Å². The highest BCUT2D eigenvalue weighted by Crippen LogP contribution is 2.59. The van der Waals surface area contributed by atoms with Gasteiger partial charge in [0.15, 0.2) is 42.8 Å². The van der Waals surface area contributed by atoms with Crippen molar-refractivity contribution in [3.63, 3.8) is 0 Å². The van der Waals surface area contributed by atoms with Gasteiger partial charge in [0.1, 0.15) is 23.9 Å². The molecule has 7 rings (SSSR count). The van der Waals surface area contributed by atoms with E-state index in [4.69, 9.17) is 30.0 Å². The number of nitrogens with one attached hydrogen (secondary N) is 2. The maximum atomic E-state index is 15.8. The van der Waals surface area contributed by atoms with E-state index in [1.165, 1.54) is 7.05 Å². The Hall–Kier alpha value is -4.89. The third kappa shape index (κ3) is 6.96. The van der Waals surface area contributed by atoms with E-state index in [0.29, 0.717) is 5.56 Å². The molecule has 0 aliphatic heterocycles. The maximum Gasteiger partial charge on any atom is 0.320 e. The number of anilines is 1. The van der Waals surface area contributed by atoms with Gasteiger partial charge in [0.05, 0.1) is 17.5 Å². The third-order valence-corrected chi connectivity index (χ3v) is 16.7. The smallest absolute Gasteiger partial charge is 0.320 e. The summed E-state index contributed by atoms with van der Waals surface area (Å²) in [5.74, 6) is -4.37. The Balaban J connectivity index is 1.39. The normalized spacial score (nSPS) is 22.9. The number of aromatic nitrogens is 2. The van der Waals surface area contributed by atoms with Crippen LogP contribution in [0.1, 0.15) is 76.4 Å². The van der Waals surface area contributed by atoms with Gasteiger partial charge in [0.25, 0.3) is 5.88 Å². The Morgan fingerprint density at radius 3 is 2.18 bits per heavy atom. The predicted octanol–water partition coefficient (Wildman–Crippen LogP) is 7.45. The fourth-order valence-electron chi connectivity index (χ4n) is 8.20. The van der Waals surface area contributed by atoms with E-state index >= 15 is 14.4 Å². The van der Waals surface area contributed by atoms with Crippen LogP contribution in [0.3, 0.4) is 0 Å². The van der Waals surface area contributed by atoms with E-state index in [0.717, 1.165) is 11.1 Å². The van der Waals surface area contributed by atoms with Crippen LogP contribution in [0.2, 0.25) is 23.3 Å². The number of ketones is 3. The molecule has 2 heterocycles. The SMILES string of the molecule is CNC(=O)Nc1nc(Cl)c2c(c1OCc1ccccc1)C(=O)C1C(=O)[C@]3(O[Si](C)(C)C(C)(C)C)C(=O)c4c(OCc5ccccc5)noc4[C@@H](N(C)C)[C@@H]3C[C@@H]1C2. The number of amides is 2. The summed E-state index contributed by atoms with van der Waals surface area (Å²) in [5.41, 5.74) is 0.0202. The summed E-state index contributed by atoms with van der Waals surface area (Å²) < 4.78 is 25.7. The van der Waals surface area contributed by atoms with Crippen LogP contribution < -0.4 is 20.1 Å². The Labute approximate surface area is 337 Å². The van der Waals surface area contributed by atoms with Gasteiger partial charge in [-0.05, 0) is 67.3 Å². The van der Waals surface area contributed by atoms with Gasteiger partial charge in [-0.25, -0.2) is 9.78 Å². The number of benzene rings is 2. The molecule has 13 nitrogen and oxygen atoms in total. The quantitative estimate of drug-likeness (QED) is 0.0929. The first kappa shape index (κ1) is 40.3. The number of Topliss-reactive ketones (excluding diaryl/α,β-unsaturated/α-hetero) is 3. The van der Waals surface area contributed by atoms with Gasteiger partial charge >= 0.3 is 6.03 Å². The van der Waals surface area contributed by atoms with Gasteiger partial charge in [-0.15, -0.1) is 0 Å². The minimum atomic E-state index is -2.97. The first-order valence-corrected chi connectivity index (χ1v) is 22.3. The topological polar surface area (TPSA) is 162 Å². The zero-order chi connectivity index (χ0) is 41.0. The van der Waals surface area contributed by atoms with Crippen molar-refractivity contribution in [2.75, 3.05) is 26.5 Å². The molecule has 15 heteroatoms. The minimum absolute atomic E-state index is 0.00122. The molecule has 3 aliphatic rings. The molecule has 300 valence electrons. The summed E-state index contributed by atoms with van der Waals surface area (Å²) in [6.45, 7) is 10.2. The molecule has 5 atom stereocenters. The largest absolute Gasteiger partial charge is 0.484 e. The molecule has 0 spiro atoms. The summed E-state index contributed by atoms with van der Waals surface area (Å²) >= 11 is 6.85. The molecule has 0 saturated heterocycles. The first-order valence-electron chi connectivity index (χ1n) is 19.0. The molecular weight excluding hydrogens is 766 g/mol. The highest BCUT2D eigenvalue weighted by Gasteiger charge is 2.70. The second kappa shape index (κ2) is 15.1. The lowest BCUT2D eigenvalue weighted by atomic mass is 9.54. The van der Waals surface area contributed by atoms with Crippen LogP contribution in [0.25, 0.3) is 0 Å². The predicted molar refractivity (Wildman–Crippen MR) is 215 cm³/mol. The van der Waals surface area contributed by atoms with Crippen LogP contribution >= 0.6 is 11.6 Å². The second-order valence-corrected chi connectivity index (χ2v) is 21.8. The monoisotopic (exact) mass is 813 g/mol. The number of ether oxygens (including phenoxy) is 2. The number of hydrogen-bond acceptors (Lipinski definition) is 11. The number of nitrogens with zero attached hydrogens (tertiary/aromatic N) is 3. The highest BCUT2D eigenvalue weighted by atomic mass is 35.5. The van der Waals surface area contributed by atoms with Crippen molar-refractivity contribution in [3.05, 3.63) is 99.4 Å². The van der Waals surface area contributed by atoms with Crippen molar-refractivity contribution >= 4 is 49.1 Å². The van der Waals surface area contributed by atoms with Crippen molar-refractivity contribution in [1.29, 1.82) is 0 Å². The maximum absolute atomic E-state index is 15.8. The van der Waals surface area contributed by atoms with Crippen LogP contribution in [0.4, 0.5) is 10.6 Å². The van der Waals surface area contributed by atoms with Crippen LogP contribution in [-0.4, -0.2) is 73.5 Å². The molecule has 2 amide bonds. The number of hydrogen-bond donors (Lipinski definition) is 2. The van der Waals surface area contributed by atoms with E-state index in [-0.39, 0.29) is 65.5 Å². The minimum Gasteiger partial charge on any atom is -0.484 e. The average molecular weight is 814 g/mol. The average Bonchev–Trinajstić information content (AvgIpc) is 3.58. The van der Waals surface area contributed by atoms with Gasteiger partial charge in [0.2, 0.25) is 5.78 Å².